The number of aromatic nitrogens is 1. The molecule has 0 fully saturated rings. The summed E-state index contributed by atoms with van der Waals surface area (Å²) in [6, 6.07) is 4.41. The van der Waals surface area contributed by atoms with Crippen molar-refractivity contribution < 1.29 is 0 Å². The van der Waals surface area contributed by atoms with Crippen molar-refractivity contribution in [1.82, 2.24) is 4.98 Å². The van der Waals surface area contributed by atoms with Crippen molar-refractivity contribution >= 4 is 17.0 Å². The Morgan fingerprint density at radius 1 is 1.12 bits per heavy atom. The third kappa shape index (κ3) is 1.95. The van der Waals surface area contributed by atoms with E-state index >= 15 is 0 Å². The van der Waals surface area contributed by atoms with E-state index in [0.717, 1.165) is 5.69 Å². The number of aryl methyl sites for hydroxylation is 2. The fraction of sp³-hybridized carbons (Fsp3) is 0.308. The van der Waals surface area contributed by atoms with Crippen LogP contribution in [0.4, 0.5) is 5.69 Å². The first-order valence-corrected chi connectivity index (χ1v) is 6.21. The predicted octanol–water partition coefficient (Wildman–Crippen LogP) is 3.49. The summed E-state index contributed by atoms with van der Waals surface area (Å²) in [5, 5.41) is 2.09. The van der Waals surface area contributed by atoms with Gasteiger partial charge in [0, 0.05) is 30.7 Å². The average molecular weight is 232 g/mol. The minimum atomic E-state index is 1.07. The molecule has 1 aromatic heterocycles. The zero-order valence-electron chi connectivity index (χ0n) is 10.1. The van der Waals surface area contributed by atoms with E-state index in [9.17, 15) is 0 Å². The van der Waals surface area contributed by atoms with Gasteiger partial charge in [-0.3, -0.25) is 0 Å². The van der Waals surface area contributed by atoms with Crippen LogP contribution < -0.4 is 4.90 Å². The van der Waals surface area contributed by atoms with Gasteiger partial charge in [0.05, 0.1) is 11.2 Å². The molecule has 2 aromatic rings. The molecule has 0 atom stereocenters. The Morgan fingerprint density at radius 2 is 1.75 bits per heavy atom. The Bertz CT molecular complexity index is 464. The van der Waals surface area contributed by atoms with Crippen molar-refractivity contribution in [1.29, 1.82) is 0 Å². The smallest absolute Gasteiger partial charge is 0.0811 e. The summed E-state index contributed by atoms with van der Waals surface area (Å²) in [5.41, 5.74) is 8.06. The van der Waals surface area contributed by atoms with Crippen molar-refractivity contribution in [3.05, 3.63) is 34.2 Å². The molecule has 1 heterocycles. The van der Waals surface area contributed by atoms with Gasteiger partial charge in [-0.1, -0.05) is 0 Å². The van der Waals surface area contributed by atoms with Crippen molar-refractivity contribution in [3.8, 4) is 11.3 Å². The van der Waals surface area contributed by atoms with E-state index in [0.29, 0.717) is 0 Å². The highest BCUT2D eigenvalue weighted by Crippen LogP contribution is 2.29. The summed E-state index contributed by atoms with van der Waals surface area (Å²) in [6.07, 6.45) is 0. The maximum atomic E-state index is 4.35. The fourth-order valence-corrected chi connectivity index (χ4v) is 2.73. The first-order chi connectivity index (χ1) is 7.59. The van der Waals surface area contributed by atoms with Crippen molar-refractivity contribution in [2.75, 3.05) is 19.0 Å². The number of thiazole rings is 1. The second kappa shape index (κ2) is 4.26. The number of hydrogen-bond acceptors (Lipinski definition) is 3. The van der Waals surface area contributed by atoms with E-state index in [2.05, 4.69) is 55.3 Å². The average Bonchev–Trinajstić information content (AvgIpc) is 2.67. The zero-order chi connectivity index (χ0) is 11.7. The van der Waals surface area contributed by atoms with Gasteiger partial charge >= 0.3 is 0 Å². The first kappa shape index (κ1) is 11.1. The Hall–Kier alpha value is -1.35. The predicted molar refractivity (Wildman–Crippen MR) is 71.4 cm³/mol. The van der Waals surface area contributed by atoms with Crippen LogP contribution in [0.5, 0.6) is 0 Å². The third-order valence-electron chi connectivity index (χ3n) is 2.67. The molecule has 0 radical (unpaired) electrons. The maximum Gasteiger partial charge on any atom is 0.0811 e. The highest BCUT2D eigenvalue weighted by atomic mass is 32.1. The molecule has 0 bridgehead atoms. The monoisotopic (exact) mass is 232 g/mol. The largest absolute Gasteiger partial charge is 0.377 e. The molecular weight excluding hydrogens is 216 g/mol. The van der Waals surface area contributed by atoms with E-state index < -0.39 is 0 Å². The Labute approximate surface area is 101 Å². The molecule has 0 aliphatic heterocycles. The Kier molecular flexibility index (Phi) is 2.97. The molecular formula is C13H16N2S. The number of anilines is 1. The quantitative estimate of drug-likeness (QED) is 0.788. The van der Waals surface area contributed by atoms with Crippen LogP contribution in [0.3, 0.4) is 0 Å². The Morgan fingerprint density at radius 3 is 2.19 bits per heavy atom. The number of nitrogens with zero attached hydrogens (tertiary/aromatic N) is 2. The third-order valence-corrected chi connectivity index (χ3v) is 3.25. The van der Waals surface area contributed by atoms with Gasteiger partial charge in [0.15, 0.2) is 0 Å². The van der Waals surface area contributed by atoms with Crippen LogP contribution in [0.2, 0.25) is 0 Å². The van der Waals surface area contributed by atoms with Crippen molar-refractivity contribution in [2.45, 2.75) is 13.8 Å². The minimum absolute atomic E-state index is 1.07. The lowest BCUT2D eigenvalue weighted by Gasteiger charge is -2.19. The number of benzene rings is 1. The molecule has 16 heavy (non-hydrogen) atoms. The highest BCUT2D eigenvalue weighted by molar-refractivity contribution is 7.07. The molecule has 0 spiro atoms. The molecule has 2 rings (SSSR count). The van der Waals surface area contributed by atoms with E-state index in [4.69, 9.17) is 0 Å². The summed E-state index contributed by atoms with van der Waals surface area (Å²) in [7, 11) is 4.16. The van der Waals surface area contributed by atoms with Crippen LogP contribution in [0.15, 0.2) is 23.0 Å². The molecule has 84 valence electrons. The molecule has 0 amide bonds. The van der Waals surface area contributed by atoms with E-state index in [1.54, 1.807) is 11.3 Å². The van der Waals surface area contributed by atoms with E-state index in [-0.39, 0.29) is 0 Å². The lowest BCUT2D eigenvalue weighted by Crippen LogP contribution is -2.12. The minimum Gasteiger partial charge on any atom is -0.377 e. The van der Waals surface area contributed by atoms with Gasteiger partial charge in [-0.15, -0.1) is 11.3 Å². The van der Waals surface area contributed by atoms with Crippen LogP contribution in [0.1, 0.15) is 11.1 Å². The molecule has 1 aromatic carbocycles. The van der Waals surface area contributed by atoms with Crippen molar-refractivity contribution in [2.24, 2.45) is 0 Å². The second-order valence-corrected chi connectivity index (χ2v) is 4.95. The molecule has 2 nitrogen and oxygen atoms in total. The summed E-state index contributed by atoms with van der Waals surface area (Å²) in [6.45, 7) is 4.30. The highest BCUT2D eigenvalue weighted by Gasteiger charge is 2.08. The maximum absolute atomic E-state index is 4.35. The summed E-state index contributed by atoms with van der Waals surface area (Å²) < 4.78 is 0. The van der Waals surface area contributed by atoms with Gasteiger partial charge in [-0.2, -0.15) is 0 Å². The van der Waals surface area contributed by atoms with Gasteiger partial charge in [-0.25, -0.2) is 4.98 Å². The van der Waals surface area contributed by atoms with Crippen LogP contribution in [-0.2, 0) is 0 Å². The first-order valence-electron chi connectivity index (χ1n) is 5.26. The second-order valence-electron chi connectivity index (χ2n) is 4.23. The van der Waals surface area contributed by atoms with E-state index in [1.165, 1.54) is 22.4 Å². The number of rotatable bonds is 2. The molecule has 0 N–H and O–H groups in total. The van der Waals surface area contributed by atoms with Crippen LogP contribution in [0.25, 0.3) is 11.3 Å². The van der Waals surface area contributed by atoms with E-state index in [1.807, 2.05) is 5.51 Å². The Balaban J connectivity index is 2.53. The molecule has 0 aliphatic rings. The molecule has 0 saturated heterocycles. The van der Waals surface area contributed by atoms with Gasteiger partial charge in [0.25, 0.3) is 0 Å². The molecule has 0 aliphatic carbocycles. The van der Waals surface area contributed by atoms with Gasteiger partial charge < -0.3 is 4.90 Å². The lowest BCUT2D eigenvalue weighted by molar-refractivity contribution is 1.10. The molecule has 0 unspecified atom stereocenters. The van der Waals surface area contributed by atoms with Gasteiger partial charge in [-0.05, 0) is 37.1 Å². The molecule has 3 heteroatoms. The van der Waals surface area contributed by atoms with Gasteiger partial charge in [0.1, 0.15) is 0 Å². The lowest BCUT2D eigenvalue weighted by atomic mass is 10.0. The topological polar surface area (TPSA) is 16.1 Å². The van der Waals surface area contributed by atoms with Crippen LogP contribution >= 0.6 is 11.3 Å². The number of hydrogen-bond donors (Lipinski definition) is 0. The molecule has 0 saturated carbocycles. The zero-order valence-corrected chi connectivity index (χ0v) is 10.9. The van der Waals surface area contributed by atoms with Crippen LogP contribution in [0, 0.1) is 13.8 Å². The normalized spacial score (nSPS) is 10.5. The summed E-state index contributed by atoms with van der Waals surface area (Å²) in [5.74, 6) is 0. The van der Waals surface area contributed by atoms with Gasteiger partial charge in [0.2, 0.25) is 0 Å². The fourth-order valence-electron chi connectivity index (χ4n) is 2.16. The SMILES string of the molecule is Cc1cc(-c2cscn2)cc(C)c1N(C)C. The van der Waals surface area contributed by atoms with Crippen molar-refractivity contribution in [3.63, 3.8) is 0 Å². The summed E-state index contributed by atoms with van der Waals surface area (Å²) >= 11 is 1.64. The summed E-state index contributed by atoms with van der Waals surface area (Å²) in [4.78, 5) is 6.51. The van der Waals surface area contributed by atoms with Crippen LogP contribution in [-0.4, -0.2) is 19.1 Å². The standard InChI is InChI=1S/C13H16N2S/c1-9-5-11(12-7-16-8-14-12)6-10(2)13(9)15(3)4/h5-8H,1-4H3.